The number of H-pyrrole nitrogens is 1. The molecule has 0 amide bonds. The molecule has 0 spiro atoms. The van der Waals surface area contributed by atoms with Crippen molar-refractivity contribution in [1.29, 1.82) is 0 Å². The van der Waals surface area contributed by atoms with Gasteiger partial charge in [0.15, 0.2) is 0 Å². The fourth-order valence-electron chi connectivity index (χ4n) is 2.11. The molecule has 0 bridgehead atoms. The fourth-order valence-corrected chi connectivity index (χ4v) is 2.81. The van der Waals surface area contributed by atoms with Crippen LogP contribution in [-0.2, 0) is 5.75 Å². The largest absolute Gasteiger partial charge is 0.309 e. The lowest BCUT2D eigenvalue weighted by Crippen LogP contribution is -2.11. The molecule has 108 valence electrons. The molecule has 1 N–H and O–H groups in total. The third-order valence-corrected chi connectivity index (χ3v) is 3.95. The predicted octanol–water partition coefficient (Wildman–Crippen LogP) is 1.65. The maximum atomic E-state index is 12.0. The molecule has 22 heavy (non-hydrogen) atoms. The number of aromatic amines is 1. The van der Waals surface area contributed by atoms with Crippen molar-refractivity contribution in [3.05, 3.63) is 58.9 Å². The highest BCUT2D eigenvalue weighted by molar-refractivity contribution is 7.98. The van der Waals surface area contributed by atoms with Crippen molar-refractivity contribution in [2.45, 2.75) is 10.9 Å². The highest BCUT2D eigenvalue weighted by Crippen LogP contribution is 2.18. The SMILES string of the molecule is O=c1[nH]c(CSc2nc3ncccn3n2)nc2ccccc12. The summed E-state index contributed by atoms with van der Waals surface area (Å²) in [7, 11) is 0. The molecule has 0 unspecified atom stereocenters. The Morgan fingerprint density at radius 3 is 3.00 bits per heavy atom. The number of hydrogen-bond donors (Lipinski definition) is 1. The van der Waals surface area contributed by atoms with Gasteiger partial charge in [-0.1, -0.05) is 23.9 Å². The van der Waals surface area contributed by atoms with Crippen LogP contribution in [0, 0.1) is 0 Å². The normalized spacial score (nSPS) is 11.3. The highest BCUT2D eigenvalue weighted by atomic mass is 32.2. The number of rotatable bonds is 3. The zero-order chi connectivity index (χ0) is 14.9. The average molecular weight is 310 g/mol. The summed E-state index contributed by atoms with van der Waals surface area (Å²) in [5.41, 5.74) is 0.553. The predicted molar refractivity (Wildman–Crippen MR) is 82.7 cm³/mol. The van der Waals surface area contributed by atoms with Gasteiger partial charge in [-0.25, -0.2) is 14.5 Å². The van der Waals surface area contributed by atoms with E-state index < -0.39 is 0 Å². The first-order valence-electron chi connectivity index (χ1n) is 6.58. The van der Waals surface area contributed by atoms with Crippen molar-refractivity contribution in [3.8, 4) is 0 Å². The third-order valence-electron chi connectivity index (χ3n) is 3.10. The van der Waals surface area contributed by atoms with Gasteiger partial charge in [-0.05, 0) is 18.2 Å². The highest BCUT2D eigenvalue weighted by Gasteiger charge is 2.07. The molecule has 0 aliphatic rings. The number of fused-ring (bicyclic) bond motifs is 2. The zero-order valence-electron chi connectivity index (χ0n) is 11.3. The molecule has 4 rings (SSSR count). The van der Waals surface area contributed by atoms with E-state index in [1.165, 1.54) is 11.8 Å². The first-order valence-corrected chi connectivity index (χ1v) is 7.56. The van der Waals surface area contributed by atoms with Gasteiger partial charge in [0.1, 0.15) is 5.82 Å². The van der Waals surface area contributed by atoms with Crippen molar-refractivity contribution < 1.29 is 0 Å². The first-order chi connectivity index (χ1) is 10.8. The van der Waals surface area contributed by atoms with E-state index in [-0.39, 0.29) is 5.56 Å². The number of hydrogen-bond acceptors (Lipinski definition) is 6. The monoisotopic (exact) mass is 310 g/mol. The molecule has 3 aromatic heterocycles. The summed E-state index contributed by atoms with van der Waals surface area (Å²) in [6, 6.07) is 9.06. The number of thioether (sulfide) groups is 1. The molecule has 0 fully saturated rings. The Bertz CT molecular complexity index is 991. The van der Waals surface area contributed by atoms with Gasteiger partial charge in [0, 0.05) is 12.4 Å². The van der Waals surface area contributed by atoms with Crippen LogP contribution in [0.15, 0.2) is 52.7 Å². The summed E-state index contributed by atoms with van der Waals surface area (Å²) >= 11 is 1.40. The summed E-state index contributed by atoms with van der Waals surface area (Å²) in [5.74, 6) is 1.63. The van der Waals surface area contributed by atoms with Crippen LogP contribution in [0.4, 0.5) is 0 Å². The van der Waals surface area contributed by atoms with Crippen molar-refractivity contribution in [2.24, 2.45) is 0 Å². The second kappa shape index (κ2) is 5.23. The van der Waals surface area contributed by atoms with Crippen LogP contribution in [0.3, 0.4) is 0 Å². The minimum atomic E-state index is -0.133. The van der Waals surface area contributed by atoms with Crippen LogP contribution in [0.2, 0.25) is 0 Å². The second-order valence-electron chi connectivity index (χ2n) is 4.58. The summed E-state index contributed by atoms with van der Waals surface area (Å²) in [4.78, 5) is 27.7. The van der Waals surface area contributed by atoms with E-state index in [2.05, 4.69) is 25.0 Å². The topological polar surface area (TPSA) is 88.8 Å². The Morgan fingerprint density at radius 2 is 2.09 bits per heavy atom. The summed E-state index contributed by atoms with van der Waals surface area (Å²) in [6.07, 6.45) is 3.45. The maximum Gasteiger partial charge on any atom is 0.258 e. The lowest BCUT2D eigenvalue weighted by molar-refractivity contribution is 0.878. The quantitative estimate of drug-likeness (QED) is 0.579. The molecule has 8 heteroatoms. The van der Waals surface area contributed by atoms with Crippen LogP contribution < -0.4 is 5.56 Å². The minimum Gasteiger partial charge on any atom is -0.309 e. The zero-order valence-corrected chi connectivity index (χ0v) is 12.1. The van der Waals surface area contributed by atoms with Gasteiger partial charge < -0.3 is 4.98 Å². The van der Waals surface area contributed by atoms with Crippen molar-refractivity contribution in [2.75, 3.05) is 0 Å². The van der Waals surface area contributed by atoms with Gasteiger partial charge >= 0.3 is 0 Å². The fraction of sp³-hybridized carbons (Fsp3) is 0.0714. The van der Waals surface area contributed by atoms with Crippen molar-refractivity contribution >= 4 is 28.4 Å². The Morgan fingerprint density at radius 1 is 1.18 bits per heavy atom. The Kier molecular flexibility index (Phi) is 3.08. The standard InChI is InChI=1S/C14H10N6OS/c21-12-9-4-1-2-5-10(9)16-11(17-12)8-22-14-18-13-15-6-3-7-20(13)19-14/h1-7H,8H2,(H,16,17,21). The van der Waals surface area contributed by atoms with Gasteiger partial charge in [-0.3, -0.25) is 4.79 Å². The molecule has 0 aliphatic carbocycles. The summed E-state index contributed by atoms with van der Waals surface area (Å²) < 4.78 is 1.61. The van der Waals surface area contributed by atoms with E-state index in [1.807, 2.05) is 18.2 Å². The number of aromatic nitrogens is 6. The molecule has 0 saturated carbocycles. The third kappa shape index (κ3) is 2.33. The Hall–Kier alpha value is -2.74. The van der Waals surface area contributed by atoms with E-state index in [0.29, 0.717) is 33.4 Å². The van der Waals surface area contributed by atoms with Crippen molar-refractivity contribution in [3.63, 3.8) is 0 Å². The van der Waals surface area contributed by atoms with Gasteiger partial charge in [0.25, 0.3) is 11.3 Å². The molecule has 4 aromatic rings. The Balaban J connectivity index is 1.62. The lowest BCUT2D eigenvalue weighted by Gasteiger charge is -2.00. The molecular formula is C14H10N6OS. The number of para-hydroxylation sites is 1. The second-order valence-corrected chi connectivity index (χ2v) is 5.52. The average Bonchev–Trinajstić information content (AvgIpc) is 2.96. The van der Waals surface area contributed by atoms with E-state index >= 15 is 0 Å². The molecule has 0 radical (unpaired) electrons. The molecule has 1 aromatic carbocycles. The molecule has 7 nitrogen and oxygen atoms in total. The first kappa shape index (κ1) is 13.0. The van der Waals surface area contributed by atoms with Gasteiger partial charge in [-0.15, -0.1) is 5.10 Å². The summed E-state index contributed by atoms with van der Waals surface area (Å²) in [6.45, 7) is 0. The van der Waals surface area contributed by atoms with E-state index in [0.717, 1.165) is 0 Å². The van der Waals surface area contributed by atoms with Gasteiger partial charge in [0.2, 0.25) is 5.16 Å². The van der Waals surface area contributed by atoms with Crippen LogP contribution in [0.5, 0.6) is 0 Å². The van der Waals surface area contributed by atoms with Crippen LogP contribution in [0.25, 0.3) is 16.7 Å². The molecule has 3 heterocycles. The van der Waals surface area contributed by atoms with Crippen LogP contribution in [-0.4, -0.2) is 29.5 Å². The van der Waals surface area contributed by atoms with E-state index in [4.69, 9.17) is 0 Å². The summed E-state index contributed by atoms with van der Waals surface area (Å²) in [5, 5.41) is 5.48. The molecular weight excluding hydrogens is 300 g/mol. The molecule has 0 aliphatic heterocycles. The number of nitrogens with one attached hydrogen (secondary N) is 1. The van der Waals surface area contributed by atoms with Gasteiger partial charge in [0.05, 0.1) is 16.7 Å². The minimum absolute atomic E-state index is 0.133. The Labute approximate surface area is 128 Å². The van der Waals surface area contributed by atoms with E-state index in [1.54, 1.807) is 29.0 Å². The maximum absolute atomic E-state index is 12.0. The van der Waals surface area contributed by atoms with Crippen LogP contribution >= 0.6 is 11.8 Å². The molecule has 0 atom stereocenters. The van der Waals surface area contributed by atoms with Crippen LogP contribution in [0.1, 0.15) is 5.82 Å². The van der Waals surface area contributed by atoms with Crippen molar-refractivity contribution in [1.82, 2.24) is 29.5 Å². The van der Waals surface area contributed by atoms with E-state index in [9.17, 15) is 4.79 Å². The number of benzene rings is 1. The van der Waals surface area contributed by atoms with Gasteiger partial charge in [-0.2, -0.15) is 4.98 Å². The lowest BCUT2D eigenvalue weighted by atomic mass is 10.2. The molecule has 0 saturated heterocycles. The number of nitrogens with zero attached hydrogens (tertiary/aromatic N) is 5. The smallest absolute Gasteiger partial charge is 0.258 e.